The first-order valence-corrected chi connectivity index (χ1v) is 13.1. The molecule has 32 heavy (non-hydrogen) atoms. The Morgan fingerprint density at radius 3 is 2.22 bits per heavy atom. The van der Waals surface area contributed by atoms with E-state index in [-0.39, 0.29) is 5.91 Å². The lowest BCUT2D eigenvalue weighted by molar-refractivity contribution is -0.131. The van der Waals surface area contributed by atoms with Crippen molar-refractivity contribution in [1.82, 2.24) is 9.21 Å². The first-order valence-electron chi connectivity index (χ1n) is 11.3. The molecule has 0 radical (unpaired) electrons. The monoisotopic (exact) mass is 475 g/mol. The summed E-state index contributed by atoms with van der Waals surface area (Å²) in [5.74, 6) is 0.140. The highest BCUT2D eigenvalue weighted by atomic mass is 35.5. The van der Waals surface area contributed by atoms with E-state index in [0.717, 1.165) is 48.6 Å². The highest BCUT2D eigenvalue weighted by Gasteiger charge is 2.26. The first kappa shape index (κ1) is 23.1. The number of carbonyl (C=O) groups excluding carboxylic acids is 1. The van der Waals surface area contributed by atoms with Crippen LogP contribution >= 0.6 is 11.6 Å². The fourth-order valence-corrected chi connectivity index (χ4v) is 6.08. The number of rotatable bonds is 6. The van der Waals surface area contributed by atoms with Gasteiger partial charge < -0.3 is 9.80 Å². The van der Waals surface area contributed by atoms with Crippen LogP contribution in [0.15, 0.2) is 53.4 Å². The number of nitrogens with zero attached hydrogens (tertiary/aromatic N) is 3. The summed E-state index contributed by atoms with van der Waals surface area (Å²) in [4.78, 5) is 17.2. The second-order valence-electron chi connectivity index (χ2n) is 8.46. The zero-order valence-electron chi connectivity index (χ0n) is 18.2. The molecule has 1 amide bonds. The van der Waals surface area contributed by atoms with E-state index in [1.165, 1.54) is 0 Å². The molecule has 2 saturated heterocycles. The number of sulfonamides is 1. The molecule has 0 spiro atoms. The lowest BCUT2D eigenvalue weighted by Crippen LogP contribution is -2.48. The standard InChI is InChI=1S/C24H30ClN3O3S/c25-21-5-4-6-22(19-21)26-15-17-27(18-16-26)24(29)12-9-20-7-10-23(11-8-20)32(30,31)28-13-2-1-3-14-28/h4-8,10-11,19H,1-3,9,12-18H2. The predicted octanol–water partition coefficient (Wildman–Crippen LogP) is 3.80. The Balaban J connectivity index is 1.27. The third-order valence-electron chi connectivity index (χ3n) is 6.31. The minimum absolute atomic E-state index is 0.140. The van der Waals surface area contributed by atoms with Crippen LogP contribution in [0, 0.1) is 0 Å². The molecule has 2 aromatic rings. The van der Waals surface area contributed by atoms with E-state index in [9.17, 15) is 13.2 Å². The Labute approximate surface area is 195 Å². The number of anilines is 1. The number of amides is 1. The van der Waals surface area contributed by atoms with Crippen LogP contribution in [-0.2, 0) is 21.2 Å². The molecule has 2 aromatic carbocycles. The van der Waals surface area contributed by atoms with Crippen LogP contribution < -0.4 is 4.90 Å². The molecule has 2 heterocycles. The number of halogens is 1. The van der Waals surface area contributed by atoms with Crippen LogP contribution in [0.2, 0.25) is 5.02 Å². The first-order chi connectivity index (χ1) is 15.4. The second-order valence-corrected chi connectivity index (χ2v) is 10.8. The van der Waals surface area contributed by atoms with E-state index >= 15 is 0 Å². The quantitative estimate of drug-likeness (QED) is 0.637. The molecule has 0 N–H and O–H groups in total. The van der Waals surface area contributed by atoms with Crippen molar-refractivity contribution in [2.24, 2.45) is 0 Å². The Morgan fingerprint density at radius 2 is 1.56 bits per heavy atom. The maximum absolute atomic E-state index is 12.8. The molecule has 8 heteroatoms. The predicted molar refractivity (Wildman–Crippen MR) is 128 cm³/mol. The van der Waals surface area contributed by atoms with Crippen LogP contribution in [0.3, 0.4) is 0 Å². The summed E-state index contributed by atoms with van der Waals surface area (Å²) in [6, 6.07) is 14.8. The minimum Gasteiger partial charge on any atom is -0.368 e. The van der Waals surface area contributed by atoms with Crippen molar-refractivity contribution < 1.29 is 13.2 Å². The minimum atomic E-state index is -3.41. The third-order valence-corrected chi connectivity index (χ3v) is 8.46. The van der Waals surface area contributed by atoms with Crippen molar-refractivity contribution in [3.63, 3.8) is 0 Å². The zero-order valence-corrected chi connectivity index (χ0v) is 19.8. The molecule has 2 aliphatic heterocycles. The zero-order chi connectivity index (χ0) is 22.6. The van der Waals surface area contributed by atoms with Gasteiger partial charge in [0.25, 0.3) is 0 Å². The van der Waals surface area contributed by atoms with Gasteiger partial charge >= 0.3 is 0 Å². The van der Waals surface area contributed by atoms with E-state index in [1.807, 2.05) is 41.3 Å². The molecule has 2 fully saturated rings. The van der Waals surface area contributed by atoms with Gasteiger partial charge in [-0.3, -0.25) is 4.79 Å². The topological polar surface area (TPSA) is 60.9 Å². The van der Waals surface area contributed by atoms with Gasteiger partial charge in [-0.2, -0.15) is 4.31 Å². The van der Waals surface area contributed by atoms with Gasteiger partial charge in [0.2, 0.25) is 15.9 Å². The van der Waals surface area contributed by atoms with Gasteiger partial charge in [-0.05, 0) is 55.2 Å². The number of hydrogen-bond donors (Lipinski definition) is 0. The molecule has 0 atom stereocenters. The molecular weight excluding hydrogens is 446 g/mol. The third kappa shape index (κ3) is 5.45. The Kier molecular flexibility index (Phi) is 7.38. The number of aryl methyl sites for hydroxylation is 1. The summed E-state index contributed by atoms with van der Waals surface area (Å²) in [6.45, 7) is 4.16. The fourth-order valence-electron chi connectivity index (χ4n) is 4.38. The number of carbonyl (C=O) groups is 1. The van der Waals surface area contributed by atoms with E-state index in [0.29, 0.717) is 43.9 Å². The summed E-state index contributed by atoms with van der Waals surface area (Å²) in [7, 11) is -3.41. The largest absolute Gasteiger partial charge is 0.368 e. The molecule has 4 rings (SSSR count). The van der Waals surface area contributed by atoms with Gasteiger partial charge in [0.15, 0.2) is 0 Å². The van der Waals surface area contributed by atoms with E-state index in [4.69, 9.17) is 11.6 Å². The van der Waals surface area contributed by atoms with Crippen LogP contribution in [0.4, 0.5) is 5.69 Å². The number of piperidine rings is 1. The van der Waals surface area contributed by atoms with Gasteiger partial charge in [-0.25, -0.2) is 8.42 Å². The summed E-state index contributed by atoms with van der Waals surface area (Å²) in [5, 5.41) is 0.718. The highest BCUT2D eigenvalue weighted by molar-refractivity contribution is 7.89. The van der Waals surface area contributed by atoms with Crippen molar-refractivity contribution >= 4 is 33.2 Å². The summed E-state index contributed by atoms with van der Waals surface area (Å²) in [6.07, 6.45) is 3.97. The van der Waals surface area contributed by atoms with Gasteiger partial charge in [0, 0.05) is 56.4 Å². The molecular formula is C24H30ClN3O3S. The molecule has 0 aromatic heterocycles. The SMILES string of the molecule is O=C(CCc1ccc(S(=O)(=O)N2CCCCC2)cc1)N1CCN(c2cccc(Cl)c2)CC1. The smallest absolute Gasteiger partial charge is 0.243 e. The Hall–Kier alpha value is -2.09. The molecule has 0 bridgehead atoms. The molecule has 172 valence electrons. The van der Waals surface area contributed by atoms with Gasteiger partial charge in [-0.15, -0.1) is 0 Å². The van der Waals surface area contributed by atoms with Crippen molar-refractivity contribution in [2.75, 3.05) is 44.2 Å². The maximum atomic E-state index is 12.8. The van der Waals surface area contributed by atoms with Crippen LogP contribution in [0.1, 0.15) is 31.2 Å². The van der Waals surface area contributed by atoms with Crippen molar-refractivity contribution in [2.45, 2.75) is 37.0 Å². The Morgan fingerprint density at radius 1 is 0.875 bits per heavy atom. The lowest BCUT2D eigenvalue weighted by atomic mass is 10.1. The molecule has 0 unspecified atom stereocenters. The number of hydrogen-bond acceptors (Lipinski definition) is 4. The van der Waals surface area contributed by atoms with Crippen LogP contribution in [0.5, 0.6) is 0 Å². The second kappa shape index (κ2) is 10.2. The average molecular weight is 476 g/mol. The average Bonchev–Trinajstić information content (AvgIpc) is 2.83. The summed E-state index contributed by atoms with van der Waals surface area (Å²) in [5.41, 5.74) is 2.07. The Bertz CT molecular complexity index is 1030. The summed E-state index contributed by atoms with van der Waals surface area (Å²) >= 11 is 6.09. The highest BCUT2D eigenvalue weighted by Crippen LogP contribution is 2.22. The fraction of sp³-hybridized carbons (Fsp3) is 0.458. The van der Waals surface area contributed by atoms with E-state index in [1.54, 1.807) is 16.4 Å². The normalized spacial score (nSPS) is 18.0. The number of piperazine rings is 1. The van der Waals surface area contributed by atoms with E-state index in [2.05, 4.69) is 4.90 Å². The van der Waals surface area contributed by atoms with E-state index < -0.39 is 10.0 Å². The molecule has 2 aliphatic rings. The van der Waals surface area contributed by atoms with Gasteiger partial charge in [0.1, 0.15) is 0 Å². The molecule has 0 aliphatic carbocycles. The van der Waals surface area contributed by atoms with Gasteiger partial charge in [0.05, 0.1) is 4.90 Å². The number of benzene rings is 2. The van der Waals surface area contributed by atoms with Crippen molar-refractivity contribution in [1.29, 1.82) is 0 Å². The summed E-state index contributed by atoms with van der Waals surface area (Å²) < 4.78 is 27.1. The van der Waals surface area contributed by atoms with Crippen LogP contribution in [-0.4, -0.2) is 62.8 Å². The lowest BCUT2D eigenvalue weighted by Gasteiger charge is -2.36. The van der Waals surface area contributed by atoms with Gasteiger partial charge in [-0.1, -0.05) is 36.2 Å². The van der Waals surface area contributed by atoms with Crippen molar-refractivity contribution in [3.8, 4) is 0 Å². The van der Waals surface area contributed by atoms with Crippen LogP contribution in [0.25, 0.3) is 0 Å². The molecule has 6 nitrogen and oxygen atoms in total. The van der Waals surface area contributed by atoms with Crippen molar-refractivity contribution in [3.05, 3.63) is 59.1 Å². The maximum Gasteiger partial charge on any atom is 0.243 e. The molecule has 0 saturated carbocycles.